The topological polar surface area (TPSA) is 61.8 Å². The highest BCUT2D eigenvalue weighted by Gasteiger charge is 2.24. The lowest BCUT2D eigenvalue weighted by Crippen LogP contribution is -2.36. The Balaban J connectivity index is 1.69. The first-order valence-corrected chi connectivity index (χ1v) is 13.0. The molecule has 0 aromatic heterocycles. The Bertz CT molecular complexity index is 1350. The fourth-order valence-electron chi connectivity index (χ4n) is 3.70. The number of hydrogen-bond acceptors (Lipinski definition) is 4. The molecular formula is C29H29N3O2S. The van der Waals surface area contributed by atoms with Gasteiger partial charge in [0.15, 0.2) is 0 Å². The summed E-state index contributed by atoms with van der Waals surface area (Å²) in [5, 5.41) is 6.70. The van der Waals surface area contributed by atoms with E-state index in [0.717, 1.165) is 22.4 Å². The Labute approximate surface area is 207 Å². The lowest BCUT2D eigenvalue weighted by molar-refractivity contribution is 0.563. The van der Waals surface area contributed by atoms with E-state index in [-0.39, 0.29) is 17.5 Å². The second kappa shape index (κ2) is 11.1. The molecule has 0 amide bonds. The third-order valence-electron chi connectivity index (χ3n) is 5.71. The zero-order valence-corrected chi connectivity index (χ0v) is 20.7. The van der Waals surface area contributed by atoms with Crippen LogP contribution in [0, 0.1) is 13.8 Å². The van der Waals surface area contributed by atoms with Gasteiger partial charge < -0.3 is 0 Å². The predicted molar refractivity (Wildman–Crippen MR) is 143 cm³/mol. The molecule has 0 fully saturated rings. The van der Waals surface area contributed by atoms with Gasteiger partial charge in [-0.05, 0) is 49.2 Å². The van der Waals surface area contributed by atoms with E-state index < -0.39 is 10.0 Å². The second-order valence-corrected chi connectivity index (χ2v) is 10.2. The molecule has 0 heterocycles. The van der Waals surface area contributed by atoms with Crippen LogP contribution in [-0.2, 0) is 10.0 Å². The smallest absolute Gasteiger partial charge is 0.240 e. The summed E-state index contributed by atoms with van der Waals surface area (Å²) in [5.41, 5.74) is 4.95. The minimum Gasteiger partial charge on any atom is -0.257 e. The van der Waals surface area contributed by atoms with Crippen molar-refractivity contribution in [2.75, 3.05) is 11.6 Å². The number of nitrogens with one attached hydrogen (secondary N) is 1. The molecule has 178 valence electrons. The van der Waals surface area contributed by atoms with Crippen LogP contribution in [-0.4, -0.2) is 21.2 Å². The molecule has 1 unspecified atom stereocenters. The molecule has 0 aliphatic heterocycles. The molecule has 4 aromatic rings. The van der Waals surface area contributed by atoms with Crippen molar-refractivity contribution < 1.29 is 8.42 Å². The molecule has 0 bridgehead atoms. The van der Waals surface area contributed by atoms with E-state index in [1.54, 1.807) is 30.5 Å². The summed E-state index contributed by atoms with van der Waals surface area (Å²) in [6.45, 7) is 4.11. The fourth-order valence-corrected chi connectivity index (χ4v) is 4.74. The molecule has 0 saturated carbocycles. The van der Waals surface area contributed by atoms with Gasteiger partial charge in [0.25, 0.3) is 0 Å². The third kappa shape index (κ3) is 6.44. The lowest BCUT2D eigenvalue weighted by Gasteiger charge is -2.30. The van der Waals surface area contributed by atoms with E-state index in [0.29, 0.717) is 0 Å². The van der Waals surface area contributed by atoms with E-state index in [4.69, 9.17) is 5.10 Å². The first-order valence-electron chi connectivity index (χ1n) is 11.5. The Kier molecular flexibility index (Phi) is 7.75. The number of para-hydroxylation sites is 1. The minimum atomic E-state index is -3.70. The summed E-state index contributed by atoms with van der Waals surface area (Å²) in [7, 11) is -3.70. The second-order valence-electron chi connectivity index (χ2n) is 8.43. The summed E-state index contributed by atoms with van der Waals surface area (Å²) >= 11 is 0. The average molecular weight is 484 g/mol. The van der Waals surface area contributed by atoms with Crippen molar-refractivity contribution in [1.29, 1.82) is 0 Å². The normalized spacial score (nSPS) is 12.5. The highest BCUT2D eigenvalue weighted by Crippen LogP contribution is 2.28. The standard InChI is InChI=1S/C29H29N3O2S/c1-23-13-17-25(18-14-23)21-30-32(27-11-7-4-8-12-27)29(26-9-5-3-6-10-26)22-31-35(33,34)28-19-15-24(2)16-20-28/h3-21,29,31H,22H2,1-2H3/b30-21+. The van der Waals surface area contributed by atoms with Crippen LogP contribution in [0.4, 0.5) is 5.69 Å². The van der Waals surface area contributed by atoms with Gasteiger partial charge >= 0.3 is 0 Å². The zero-order chi connectivity index (χ0) is 24.7. The number of anilines is 1. The van der Waals surface area contributed by atoms with Crippen molar-refractivity contribution in [3.63, 3.8) is 0 Å². The predicted octanol–water partition coefficient (Wildman–Crippen LogP) is 5.86. The van der Waals surface area contributed by atoms with Crippen molar-refractivity contribution in [2.24, 2.45) is 5.10 Å². The highest BCUT2D eigenvalue weighted by molar-refractivity contribution is 7.89. The first-order chi connectivity index (χ1) is 16.9. The summed E-state index contributed by atoms with van der Waals surface area (Å²) in [5.74, 6) is 0. The molecule has 35 heavy (non-hydrogen) atoms. The maximum atomic E-state index is 13.1. The molecule has 4 aromatic carbocycles. The van der Waals surface area contributed by atoms with E-state index in [2.05, 4.69) is 4.72 Å². The number of sulfonamides is 1. The molecule has 6 heteroatoms. The van der Waals surface area contributed by atoms with Crippen molar-refractivity contribution in [3.8, 4) is 0 Å². The van der Waals surface area contributed by atoms with Gasteiger partial charge in [0.2, 0.25) is 10.0 Å². The lowest BCUT2D eigenvalue weighted by atomic mass is 10.1. The number of hydrazone groups is 1. The van der Waals surface area contributed by atoms with Gasteiger partial charge in [-0.2, -0.15) is 5.10 Å². The largest absolute Gasteiger partial charge is 0.257 e. The molecular weight excluding hydrogens is 454 g/mol. The number of nitrogens with zero attached hydrogens (tertiary/aromatic N) is 2. The van der Waals surface area contributed by atoms with Crippen LogP contribution in [0.5, 0.6) is 0 Å². The van der Waals surface area contributed by atoms with Gasteiger partial charge in [0, 0.05) is 6.54 Å². The van der Waals surface area contributed by atoms with Gasteiger partial charge in [-0.15, -0.1) is 0 Å². The van der Waals surface area contributed by atoms with Crippen LogP contribution in [0.3, 0.4) is 0 Å². The molecule has 1 N–H and O–H groups in total. The van der Waals surface area contributed by atoms with Gasteiger partial charge in [-0.1, -0.05) is 96.1 Å². The van der Waals surface area contributed by atoms with E-state index in [1.165, 1.54) is 5.56 Å². The molecule has 5 nitrogen and oxygen atoms in total. The van der Waals surface area contributed by atoms with Crippen molar-refractivity contribution in [2.45, 2.75) is 24.8 Å². The molecule has 0 radical (unpaired) electrons. The summed E-state index contributed by atoms with van der Waals surface area (Å²) in [4.78, 5) is 0.240. The fraction of sp³-hybridized carbons (Fsp3) is 0.138. The van der Waals surface area contributed by atoms with Gasteiger partial charge in [-0.3, -0.25) is 5.01 Å². The number of rotatable bonds is 9. The minimum absolute atomic E-state index is 0.139. The Morgan fingerprint density at radius 3 is 1.91 bits per heavy atom. The summed E-state index contributed by atoms with van der Waals surface area (Å²) < 4.78 is 29.0. The number of aryl methyl sites for hydroxylation is 2. The quantitative estimate of drug-likeness (QED) is 0.239. The van der Waals surface area contributed by atoms with E-state index in [9.17, 15) is 8.42 Å². The van der Waals surface area contributed by atoms with Crippen LogP contribution in [0.25, 0.3) is 0 Å². The Hall–Kier alpha value is -3.74. The van der Waals surface area contributed by atoms with Crippen LogP contribution >= 0.6 is 0 Å². The van der Waals surface area contributed by atoms with Gasteiger partial charge in [-0.25, -0.2) is 13.1 Å². The molecule has 1 atom stereocenters. The summed E-state index contributed by atoms with van der Waals surface area (Å²) in [6, 6.07) is 34.2. The molecule has 0 spiro atoms. The number of hydrogen-bond donors (Lipinski definition) is 1. The highest BCUT2D eigenvalue weighted by atomic mass is 32.2. The maximum absolute atomic E-state index is 13.1. The van der Waals surface area contributed by atoms with Crippen LogP contribution in [0.1, 0.15) is 28.3 Å². The third-order valence-corrected chi connectivity index (χ3v) is 7.15. The van der Waals surface area contributed by atoms with Gasteiger partial charge in [0.05, 0.1) is 22.8 Å². The molecule has 0 aliphatic rings. The number of benzene rings is 4. The average Bonchev–Trinajstić information content (AvgIpc) is 2.88. The first kappa shape index (κ1) is 24.4. The van der Waals surface area contributed by atoms with Gasteiger partial charge in [0.1, 0.15) is 0 Å². The van der Waals surface area contributed by atoms with E-state index in [1.807, 2.05) is 104 Å². The van der Waals surface area contributed by atoms with E-state index >= 15 is 0 Å². The van der Waals surface area contributed by atoms with Crippen molar-refractivity contribution in [1.82, 2.24) is 4.72 Å². The maximum Gasteiger partial charge on any atom is 0.240 e. The van der Waals surface area contributed by atoms with Crippen LogP contribution < -0.4 is 9.73 Å². The Morgan fingerprint density at radius 1 is 0.771 bits per heavy atom. The Morgan fingerprint density at radius 2 is 1.31 bits per heavy atom. The SMILES string of the molecule is Cc1ccc(/C=N/N(c2ccccc2)C(CNS(=O)(=O)c2ccc(C)cc2)c2ccccc2)cc1. The molecule has 0 saturated heterocycles. The van der Waals surface area contributed by atoms with Crippen LogP contribution in [0.2, 0.25) is 0 Å². The summed E-state index contributed by atoms with van der Waals surface area (Å²) in [6.07, 6.45) is 1.80. The monoisotopic (exact) mass is 483 g/mol. The zero-order valence-electron chi connectivity index (χ0n) is 19.9. The van der Waals surface area contributed by atoms with Crippen molar-refractivity contribution >= 4 is 21.9 Å². The molecule has 0 aliphatic carbocycles. The molecule has 4 rings (SSSR count). The van der Waals surface area contributed by atoms with Crippen molar-refractivity contribution in [3.05, 3.63) is 131 Å². The van der Waals surface area contributed by atoms with Crippen LogP contribution in [0.15, 0.2) is 119 Å².